The molecule has 2 bridgehead atoms. The molecule has 2 aromatic rings. The average molecular weight is 413 g/mol. The summed E-state index contributed by atoms with van der Waals surface area (Å²) in [5.41, 5.74) is -0.173. The molecule has 30 heavy (non-hydrogen) atoms. The molecule has 0 unspecified atom stereocenters. The van der Waals surface area contributed by atoms with Crippen LogP contribution in [-0.4, -0.2) is 39.0 Å². The van der Waals surface area contributed by atoms with Gasteiger partial charge >= 0.3 is 0 Å². The van der Waals surface area contributed by atoms with Crippen LogP contribution in [0.4, 0.5) is 4.39 Å². The molecular formula is C22H24FN3O4. The highest BCUT2D eigenvalue weighted by atomic mass is 19.1. The van der Waals surface area contributed by atoms with Crippen LogP contribution >= 0.6 is 0 Å². The summed E-state index contributed by atoms with van der Waals surface area (Å²) in [5.74, 6) is -2.28. The Morgan fingerprint density at radius 1 is 1.30 bits per heavy atom. The number of aromatic nitrogens is 1. The lowest BCUT2D eigenvalue weighted by Gasteiger charge is -2.40. The number of hydrogen-bond acceptors (Lipinski definition) is 4. The normalized spacial score (nSPS) is 20.5. The van der Waals surface area contributed by atoms with E-state index in [-0.39, 0.29) is 29.9 Å². The first-order valence-electron chi connectivity index (χ1n) is 10.1. The predicted molar refractivity (Wildman–Crippen MR) is 108 cm³/mol. The zero-order chi connectivity index (χ0) is 21.6. The first kappa shape index (κ1) is 20.1. The molecule has 2 aliphatic heterocycles. The number of aromatic hydroxyl groups is 1. The van der Waals surface area contributed by atoms with Gasteiger partial charge < -0.3 is 19.9 Å². The van der Waals surface area contributed by atoms with Crippen LogP contribution in [0.15, 0.2) is 29.2 Å². The molecule has 1 aromatic heterocycles. The van der Waals surface area contributed by atoms with E-state index in [1.807, 2.05) is 6.92 Å². The number of aryl methyl sites for hydroxylation is 1. The number of rotatable bonds is 3. The Kier molecular flexibility index (Phi) is 5.09. The van der Waals surface area contributed by atoms with Gasteiger partial charge in [-0.05, 0) is 44.7 Å². The topological polar surface area (TPSA) is 91.6 Å². The lowest BCUT2D eigenvalue weighted by molar-refractivity contribution is 0.0565. The standard InChI is InChI=1S/C22H24FN3O4/c1-12-6-7-14(16(23)9-12)10-24-21(29)15-11-26-17-5-3-4-8-25(13(17)2)22(30)18(26)20(28)19(15)27/h6-7,9,11,13,17,28H,3-5,8,10H2,1-2H3,(H,24,29)/t13-,17-/m0/s1. The third-order valence-corrected chi connectivity index (χ3v) is 6.12. The number of nitrogens with one attached hydrogen (secondary N) is 1. The summed E-state index contributed by atoms with van der Waals surface area (Å²) in [6, 6.07) is 4.43. The number of fused-ring (bicyclic) bond motifs is 4. The molecule has 158 valence electrons. The van der Waals surface area contributed by atoms with Crippen LogP contribution < -0.4 is 10.7 Å². The van der Waals surface area contributed by atoms with E-state index in [4.69, 9.17) is 0 Å². The van der Waals surface area contributed by atoms with Gasteiger partial charge in [-0.3, -0.25) is 14.4 Å². The molecule has 8 heteroatoms. The van der Waals surface area contributed by atoms with Crippen molar-refractivity contribution in [2.45, 2.75) is 51.7 Å². The second-order valence-corrected chi connectivity index (χ2v) is 8.06. The van der Waals surface area contributed by atoms with Crippen molar-refractivity contribution in [3.63, 3.8) is 0 Å². The summed E-state index contributed by atoms with van der Waals surface area (Å²) in [7, 11) is 0. The monoisotopic (exact) mass is 413 g/mol. The minimum Gasteiger partial charge on any atom is -0.503 e. The lowest BCUT2D eigenvalue weighted by Crippen LogP contribution is -2.49. The number of carbonyl (C=O) groups is 2. The Hall–Kier alpha value is -3.16. The molecule has 3 heterocycles. The SMILES string of the molecule is Cc1ccc(CNC(=O)c2cn3c(c(O)c2=O)C(=O)N2CCCC[C@H]3[C@@H]2C)c(F)c1. The Bertz CT molecular complexity index is 1090. The third-order valence-electron chi connectivity index (χ3n) is 6.12. The largest absolute Gasteiger partial charge is 0.503 e. The quantitative estimate of drug-likeness (QED) is 0.809. The van der Waals surface area contributed by atoms with Crippen LogP contribution in [0.3, 0.4) is 0 Å². The fourth-order valence-electron chi connectivity index (χ4n) is 4.40. The summed E-state index contributed by atoms with van der Waals surface area (Å²) in [5, 5.41) is 13.1. The Labute approximate surface area is 173 Å². The molecule has 2 aliphatic rings. The molecule has 7 nitrogen and oxygen atoms in total. The van der Waals surface area contributed by atoms with Crippen LogP contribution in [0.25, 0.3) is 0 Å². The number of hydrogen-bond donors (Lipinski definition) is 2. The number of halogens is 1. The molecule has 1 aromatic carbocycles. The molecular weight excluding hydrogens is 389 g/mol. The van der Waals surface area contributed by atoms with Crippen molar-refractivity contribution in [3.05, 3.63) is 62.8 Å². The maximum absolute atomic E-state index is 14.0. The third kappa shape index (κ3) is 3.26. The molecule has 0 spiro atoms. The van der Waals surface area contributed by atoms with Gasteiger partial charge in [0.25, 0.3) is 11.8 Å². The Balaban J connectivity index is 1.68. The fraction of sp³-hybridized carbons (Fsp3) is 0.409. The van der Waals surface area contributed by atoms with Crippen molar-refractivity contribution in [1.29, 1.82) is 0 Å². The maximum atomic E-state index is 14.0. The minimum absolute atomic E-state index is 0.0638. The van der Waals surface area contributed by atoms with Gasteiger partial charge in [0.1, 0.15) is 11.4 Å². The van der Waals surface area contributed by atoms with E-state index in [0.717, 1.165) is 24.8 Å². The van der Waals surface area contributed by atoms with Crippen molar-refractivity contribution >= 4 is 11.8 Å². The summed E-state index contributed by atoms with van der Waals surface area (Å²) in [6.07, 6.45) is 3.89. The summed E-state index contributed by atoms with van der Waals surface area (Å²) < 4.78 is 15.6. The van der Waals surface area contributed by atoms with Gasteiger partial charge in [0.2, 0.25) is 5.43 Å². The lowest BCUT2D eigenvalue weighted by atomic mass is 9.99. The van der Waals surface area contributed by atoms with E-state index in [9.17, 15) is 23.9 Å². The number of amides is 2. The van der Waals surface area contributed by atoms with Crippen molar-refractivity contribution in [2.75, 3.05) is 6.54 Å². The van der Waals surface area contributed by atoms with Crippen LogP contribution in [0.1, 0.15) is 64.2 Å². The van der Waals surface area contributed by atoms with Crippen molar-refractivity contribution < 1.29 is 19.1 Å². The van der Waals surface area contributed by atoms with E-state index in [0.29, 0.717) is 12.1 Å². The molecule has 1 saturated heterocycles. The van der Waals surface area contributed by atoms with Crippen LogP contribution in [0, 0.1) is 12.7 Å². The van der Waals surface area contributed by atoms with E-state index in [2.05, 4.69) is 5.32 Å². The second-order valence-electron chi connectivity index (χ2n) is 8.06. The zero-order valence-electron chi connectivity index (χ0n) is 16.9. The second kappa shape index (κ2) is 7.59. The van der Waals surface area contributed by atoms with Gasteiger partial charge in [0, 0.05) is 30.9 Å². The first-order chi connectivity index (χ1) is 14.3. The zero-order valence-corrected chi connectivity index (χ0v) is 16.9. The molecule has 2 amide bonds. The molecule has 2 atom stereocenters. The summed E-state index contributed by atoms with van der Waals surface area (Å²) in [4.78, 5) is 39.9. The molecule has 0 aliphatic carbocycles. The van der Waals surface area contributed by atoms with Crippen LogP contribution in [0.2, 0.25) is 0 Å². The summed E-state index contributed by atoms with van der Waals surface area (Å²) >= 11 is 0. The summed E-state index contributed by atoms with van der Waals surface area (Å²) in [6.45, 7) is 4.18. The van der Waals surface area contributed by atoms with E-state index in [1.54, 1.807) is 28.5 Å². The number of pyridine rings is 1. The maximum Gasteiger partial charge on any atom is 0.274 e. The van der Waals surface area contributed by atoms with Gasteiger partial charge in [-0.1, -0.05) is 12.1 Å². The van der Waals surface area contributed by atoms with Crippen molar-refractivity contribution in [2.24, 2.45) is 0 Å². The van der Waals surface area contributed by atoms with Crippen LogP contribution in [0.5, 0.6) is 5.75 Å². The molecule has 2 N–H and O–H groups in total. The van der Waals surface area contributed by atoms with Gasteiger partial charge in [-0.15, -0.1) is 0 Å². The molecule has 1 fully saturated rings. The van der Waals surface area contributed by atoms with E-state index >= 15 is 0 Å². The smallest absolute Gasteiger partial charge is 0.274 e. The highest BCUT2D eigenvalue weighted by molar-refractivity contribution is 5.99. The fourth-order valence-corrected chi connectivity index (χ4v) is 4.40. The van der Waals surface area contributed by atoms with Gasteiger partial charge in [-0.2, -0.15) is 0 Å². The van der Waals surface area contributed by atoms with Gasteiger partial charge in [-0.25, -0.2) is 4.39 Å². The van der Waals surface area contributed by atoms with Crippen molar-refractivity contribution in [1.82, 2.24) is 14.8 Å². The Morgan fingerprint density at radius 3 is 2.80 bits per heavy atom. The van der Waals surface area contributed by atoms with Crippen molar-refractivity contribution in [3.8, 4) is 5.75 Å². The predicted octanol–water partition coefficient (Wildman–Crippen LogP) is 2.50. The number of carbonyl (C=O) groups excluding carboxylic acids is 2. The molecule has 4 rings (SSSR count). The molecule has 0 saturated carbocycles. The minimum atomic E-state index is -0.899. The highest BCUT2D eigenvalue weighted by Crippen LogP contribution is 2.36. The van der Waals surface area contributed by atoms with Crippen LogP contribution in [-0.2, 0) is 6.54 Å². The average Bonchev–Trinajstić information content (AvgIpc) is 2.85. The highest BCUT2D eigenvalue weighted by Gasteiger charge is 2.40. The Morgan fingerprint density at radius 2 is 2.07 bits per heavy atom. The first-order valence-corrected chi connectivity index (χ1v) is 10.1. The van der Waals surface area contributed by atoms with E-state index in [1.165, 1.54) is 12.3 Å². The van der Waals surface area contributed by atoms with E-state index < -0.39 is 28.8 Å². The van der Waals surface area contributed by atoms with Gasteiger partial charge in [0.15, 0.2) is 11.4 Å². The molecule has 0 radical (unpaired) electrons. The number of benzene rings is 1. The number of nitrogens with zero attached hydrogens (tertiary/aromatic N) is 2. The van der Waals surface area contributed by atoms with Gasteiger partial charge in [0.05, 0.1) is 6.04 Å².